The smallest absolute Gasteiger partial charge is 0.232 e. The first-order valence-corrected chi connectivity index (χ1v) is 4.28. The molecule has 0 radical (unpaired) electrons. The fourth-order valence-electron chi connectivity index (χ4n) is 1.56. The molecule has 0 amide bonds. The molecule has 0 spiro atoms. The highest BCUT2D eigenvalue weighted by Crippen LogP contribution is 2.23. The van der Waals surface area contributed by atoms with Crippen molar-refractivity contribution in [3.8, 4) is 0 Å². The molecule has 72 valence electrons. The first-order chi connectivity index (χ1) is 5.44. The van der Waals surface area contributed by atoms with E-state index in [9.17, 15) is 15.2 Å². The summed E-state index contributed by atoms with van der Waals surface area (Å²) in [5.41, 5.74) is -1.16. The van der Waals surface area contributed by atoms with Crippen LogP contribution < -0.4 is 0 Å². The predicted octanol–water partition coefficient (Wildman–Crippen LogP) is 1.45. The van der Waals surface area contributed by atoms with Crippen molar-refractivity contribution in [1.29, 1.82) is 0 Å². The third kappa shape index (κ3) is 3.17. The molecule has 0 rings (SSSR count). The molecule has 0 saturated heterocycles. The average Bonchev–Trinajstić information content (AvgIpc) is 1.85. The topological polar surface area (TPSA) is 63.4 Å². The normalized spacial score (nSPS) is 16.1. The van der Waals surface area contributed by atoms with E-state index in [1.165, 1.54) is 6.92 Å². The van der Waals surface area contributed by atoms with E-state index >= 15 is 0 Å². The lowest BCUT2D eigenvalue weighted by molar-refractivity contribution is -0.502. The first-order valence-electron chi connectivity index (χ1n) is 4.28. The Bertz CT molecular complexity index is 152. The van der Waals surface area contributed by atoms with Crippen LogP contribution in [0.2, 0.25) is 0 Å². The molecule has 0 heterocycles. The summed E-state index contributed by atoms with van der Waals surface area (Å²) in [7, 11) is 0. The number of nitrogens with zero attached hydrogens (tertiary/aromatic N) is 1. The minimum Gasteiger partial charge on any atom is -0.383 e. The summed E-state index contributed by atoms with van der Waals surface area (Å²) in [5.74, 6) is 0.0166. The van der Waals surface area contributed by atoms with Crippen molar-refractivity contribution < 1.29 is 10.0 Å². The van der Waals surface area contributed by atoms with Gasteiger partial charge in [-0.25, -0.2) is 0 Å². The molecule has 0 aromatic heterocycles. The highest BCUT2D eigenvalue weighted by atomic mass is 16.6. The van der Waals surface area contributed by atoms with E-state index in [0.717, 1.165) is 12.8 Å². The van der Waals surface area contributed by atoms with E-state index < -0.39 is 10.5 Å². The van der Waals surface area contributed by atoms with E-state index in [4.69, 9.17) is 0 Å². The number of hydrogen-bond acceptors (Lipinski definition) is 3. The summed E-state index contributed by atoms with van der Waals surface area (Å²) in [6.07, 6.45) is 1.55. The molecule has 12 heavy (non-hydrogen) atoms. The molecule has 0 aromatic carbocycles. The van der Waals surface area contributed by atoms with E-state index in [2.05, 4.69) is 0 Å². The summed E-state index contributed by atoms with van der Waals surface area (Å²) in [5, 5.41) is 19.9. The zero-order valence-electron chi connectivity index (χ0n) is 7.91. The van der Waals surface area contributed by atoms with Gasteiger partial charge in [0.25, 0.3) is 0 Å². The molecule has 0 fully saturated rings. The van der Waals surface area contributed by atoms with Gasteiger partial charge in [-0.3, -0.25) is 10.1 Å². The van der Waals surface area contributed by atoms with Gasteiger partial charge >= 0.3 is 0 Å². The standard InChI is InChI=1S/C8H17NO3/c1-4-7(5-2)8(3,10)6-9(11)12/h7,10H,4-6H2,1-3H3/t8-/m1/s1. The minimum absolute atomic E-state index is 0.0166. The van der Waals surface area contributed by atoms with Crippen molar-refractivity contribution in [3.05, 3.63) is 10.1 Å². The molecule has 4 nitrogen and oxygen atoms in total. The van der Waals surface area contributed by atoms with Crippen LogP contribution in [0.15, 0.2) is 0 Å². The van der Waals surface area contributed by atoms with Gasteiger partial charge in [-0.05, 0) is 12.8 Å². The third-order valence-electron chi connectivity index (χ3n) is 2.31. The van der Waals surface area contributed by atoms with Crippen LogP contribution in [-0.4, -0.2) is 22.2 Å². The lowest BCUT2D eigenvalue weighted by Crippen LogP contribution is -2.40. The molecule has 4 heteroatoms. The molecule has 0 aliphatic rings. The predicted molar refractivity (Wildman–Crippen MR) is 46.6 cm³/mol. The average molecular weight is 175 g/mol. The Balaban J connectivity index is 4.24. The Hall–Kier alpha value is -0.640. The highest BCUT2D eigenvalue weighted by Gasteiger charge is 2.34. The maximum atomic E-state index is 10.2. The van der Waals surface area contributed by atoms with Gasteiger partial charge in [-0.15, -0.1) is 0 Å². The zero-order chi connectivity index (χ0) is 9.78. The Morgan fingerprint density at radius 2 is 1.92 bits per heavy atom. The summed E-state index contributed by atoms with van der Waals surface area (Å²) in [6, 6.07) is 0. The fourth-order valence-corrected chi connectivity index (χ4v) is 1.56. The lowest BCUT2D eigenvalue weighted by Gasteiger charge is -2.27. The largest absolute Gasteiger partial charge is 0.383 e. The first kappa shape index (κ1) is 11.4. The van der Waals surface area contributed by atoms with Crippen molar-refractivity contribution in [2.75, 3.05) is 6.54 Å². The van der Waals surface area contributed by atoms with Gasteiger partial charge in [0.05, 0.1) is 0 Å². The van der Waals surface area contributed by atoms with Crippen molar-refractivity contribution in [2.24, 2.45) is 5.92 Å². The molecular weight excluding hydrogens is 158 g/mol. The molecule has 1 atom stereocenters. The Labute approximate surface area is 72.7 Å². The number of nitro groups is 1. The summed E-state index contributed by atoms with van der Waals surface area (Å²) in [4.78, 5) is 9.74. The fraction of sp³-hybridized carbons (Fsp3) is 1.00. The SMILES string of the molecule is CCC(CC)[C@](C)(O)C[N+](=O)[O-]. The second kappa shape index (κ2) is 4.40. The number of aliphatic hydroxyl groups is 1. The van der Waals surface area contributed by atoms with Crippen LogP contribution in [0.1, 0.15) is 33.6 Å². The molecule has 1 N–H and O–H groups in total. The Morgan fingerprint density at radius 1 is 1.50 bits per heavy atom. The van der Waals surface area contributed by atoms with Crippen LogP contribution in [0.4, 0.5) is 0 Å². The van der Waals surface area contributed by atoms with Crippen molar-refractivity contribution in [3.63, 3.8) is 0 Å². The van der Waals surface area contributed by atoms with Gasteiger partial charge < -0.3 is 5.11 Å². The second-order valence-electron chi connectivity index (χ2n) is 3.36. The van der Waals surface area contributed by atoms with Gasteiger partial charge in [-0.2, -0.15) is 0 Å². The monoisotopic (exact) mass is 175 g/mol. The van der Waals surface area contributed by atoms with Crippen molar-refractivity contribution in [2.45, 2.75) is 39.2 Å². The van der Waals surface area contributed by atoms with Gasteiger partial charge in [0.1, 0.15) is 5.60 Å². The van der Waals surface area contributed by atoms with Gasteiger partial charge in [0.2, 0.25) is 6.54 Å². The van der Waals surface area contributed by atoms with Gasteiger partial charge in [-0.1, -0.05) is 26.7 Å². The lowest BCUT2D eigenvalue weighted by atomic mass is 9.85. The maximum Gasteiger partial charge on any atom is 0.232 e. The second-order valence-corrected chi connectivity index (χ2v) is 3.36. The summed E-state index contributed by atoms with van der Waals surface area (Å²) < 4.78 is 0. The van der Waals surface area contributed by atoms with E-state index in [0.29, 0.717) is 0 Å². The minimum atomic E-state index is -1.16. The molecule has 0 unspecified atom stereocenters. The van der Waals surface area contributed by atoms with Crippen molar-refractivity contribution in [1.82, 2.24) is 0 Å². The maximum absolute atomic E-state index is 10.2. The molecule has 0 aromatic rings. The van der Waals surface area contributed by atoms with E-state index in [1.807, 2.05) is 13.8 Å². The quantitative estimate of drug-likeness (QED) is 0.508. The Morgan fingerprint density at radius 3 is 2.17 bits per heavy atom. The van der Waals surface area contributed by atoms with Crippen LogP contribution >= 0.6 is 0 Å². The molecular formula is C8H17NO3. The molecule has 0 aliphatic heterocycles. The zero-order valence-corrected chi connectivity index (χ0v) is 7.91. The van der Waals surface area contributed by atoms with Crippen molar-refractivity contribution >= 4 is 0 Å². The number of hydrogen-bond donors (Lipinski definition) is 1. The summed E-state index contributed by atoms with van der Waals surface area (Å²) in [6.45, 7) is 5.04. The van der Waals surface area contributed by atoms with E-state index in [1.54, 1.807) is 0 Å². The molecule has 0 aliphatic carbocycles. The third-order valence-corrected chi connectivity index (χ3v) is 2.31. The van der Waals surface area contributed by atoms with Crippen LogP contribution in [0.5, 0.6) is 0 Å². The van der Waals surface area contributed by atoms with Crippen LogP contribution in [0, 0.1) is 16.0 Å². The van der Waals surface area contributed by atoms with Gasteiger partial charge in [0.15, 0.2) is 0 Å². The molecule has 0 bridgehead atoms. The molecule has 0 saturated carbocycles. The van der Waals surface area contributed by atoms with Crippen LogP contribution in [0.3, 0.4) is 0 Å². The van der Waals surface area contributed by atoms with Gasteiger partial charge in [0, 0.05) is 4.92 Å². The highest BCUT2D eigenvalue weighted by molar-refractivity contribution is 4.79. The Kier molecular flexibility index (Phi) is 4.17. The van der Waals surface area contributed by atoms with Crippen LogP contribution in [-0.2, 0) is 0 Å². The van der Waals surface area contributed by atoms with Crippen LogP contribution in [0.25, 0.3) is 0 Å². The van der Waals surface area contributed by atoms with E-state index in [-0.39, 0.29) is 12.5 Å². The summed E-state index contributed by atoms with van der Waals surface area (Å²) >= 11 is 0. The number of rotatable bonds is 5.